The van der Waals surface area contributed by atoms with Crippen LogP contribution in [0.3, 0.4) is 0 Å². The molecule has 2 heterocycles. The highest BCUT2D eigenvalue weighted by atomic mass is 16.7. The van der Waals surface area contributed by atoms with Crippen molar-refractivity contribution >= 4 is 35.9 Å². The molecular weight excluding hydrogens is 522 g/mol. The molecule has 2 aliphatic heterocycles. The molecule has 4 amide bonds. The number of hydrogen-bond donors (Lipinski definition) is 1. The first-order valence-corrected chi connectivity index (χ1v) is 12.5. The molecule has 0 aromatic heterocycles. The van der Waals surface area contributed by atoms with Crippen LogP contribution in [-0.4, -0.2) is 102 Å². The monoisotopic (exact) mass is 559 g/mol. The van der Waals surface area contributed by atoms with E-state index in [4.69, 9.17) is 28.4 Å². The predicted octanol–water partition coefficient (Wildman–Crippen LogP) is 0.885. The lowest BCUT2D eigenvalue weighted by atomic mass is 10.1. The van der Waals surface area contributed by atoms with Crippen molar-refractivity contribution in [3.63, 3.8) is 0 Å². The Morgan fingerprint density at radius 1 is 1.10 bits per heavy atom. The molecule has 0 aliphatic carbocycles. The van der Waals surface area contributed by atoms with E-state index in [0.29, 0.717) is 9.91 Å². The second-order valence-corrected chi connectivity index (χ2v) is 10.3. The van der Waals surface area contributed by atoms with Crippen molar-refractivity contribution in [1.82, 2.24) is 15.3 Å². The first-order valence-electron chi connectivity index (χ1n) is 12.5. The third-order valence-corrected chi connectivity index (χ3v) is 5.21. The van der Waals surface area contributed by atoms with E-state index in [1.165, 1.54) is 0 Å². The smallest absolute Gasteiger partial charge is 0.426 e. The SMILES string of the molecule is CC(=O)O[C@@H](CC1OCCO1)[C@@H](C(=O)OCC(C)C)N(NC(=O)OC(C)(C)C)C(=O)[C@H]1COC(=O)N1C(C)=O. The third kappa shape index (κ3) is 9.35. The van der Waals surface area contributed by atoms with Crippen LogP contribution in [0.2, 0.25) is 0 Å². The van der Waals surface area contributed by atoms with Crippen LogP contribution in [0.4, 0.5) is 9.59 Å². The molecule has 3 atom stereocenters. The molecule has 2 rings (SSSR count). The summed E-state index contributed by atoms with van der Waals surface area (Å²) in [5, 5.41) is 0.544. The number of amides is 4. The Labute approximate surface area is 226 Å². The summed E-state index contributed by atoms with van der Waals surface area (Å²) in [4.78, 5) is 77.1. The zero-order chi connectivity index (χ0) is 29.5. The summed E-state index contributed by atoms with van der Waals surface area (Å²) in [5.74, 6) is -3.87. The number of carbonyl (C=O) groups is 6. The second kappa shape index (κ2) is 13.6. The number of imide groups is 1. The summed E-state index contributed by atoms with van der Waals surface area (Å²) < 4.78 is 31.8. The summed E-state index contributed by atoms with van der Waals surface area (Å²) in [6, 6.07) is -3.35. The number of carbonyl (C=O) groups excluding carboxylic acids is 6. The van der Waals surface area contributed by atoms with Gasteiger partial charge in [0.25, 0.3) is 5.91 Å². The molecule has 0 aromatic rings. The number of nitrogens with zero attached hydrogens (tertiary/aromatic N) is 2. The predicted molar refractivity (Wildman–Crippen MR) is 129 cm³/mol. The summed E-state index contributed by atoms with van der Waals surface area (Å²) >= 11 is 0. The van der Waals surface area contributed by atoms with Crippen LogP contribution in [-0.2, 0) is 47.6 Å². The van der Waals surface area contributed by atoms with Gasteiger partial charge in [0.1, 0.15) is 18.3 Å². The molecule has 0 saturated carbocycles. The molecule has 2 saturated heterocycles. The van der Waals surface area contributed by atoms with Gasteiger partial charge in [0.05, 0.1) is 19.8 Å². The number of ether oxygens (including phenoxy) is 6. The van der Waals surface area contributed by atoms with Crippen molar-refractivity contribution in [3.8, 4) is 0 Å². The second-order valence-electron chi connectivity index (χ2n) is 10.3. The highest BCUT2D eigenvalue weighted by molar-refractivity contribution is 6.00. The van der Waals surface area contributed by atoms with Crippen molar-refractivity contribution in [2.24, 2.45) is 5.92 Å². The van der Waals surface area contributed by atoms with Crippen molar-refractivity contribution < 1.29 is 57.2 Å². The minimum absolute atomic E-state index is 0.0718. The Bertz CT molecular complexity index is 941. The molecule has 15 nitrogen and oxygen atoms in total. The molecular formula is C24H37N3O12. The van der Waals surface area contributed by atoms with Crippen molar-refractivity contribution in [2.45, 2.75) is 85.0 Å². The number of hydrazine groups is 1. The molecule has 2 fully saturated rings. The standard InChI is InChI=1S/C24H37N3O12/c1-13(2)11-36-21(31)19(17(38-15(4)29)10-18-34-8-9-35-18)27(25-22(32)39-24(5,6)7)20(30)16-12-37-23(33)26(16)14(3)28/h13,16-19H,8-12H2,1-7H3,(H,25,32)/t16-,17+,19+/m1/s1. The molecule has 220 valence electrons. The van der Waals surface area contributed by atoms with Crippen LogP contribution in [0, 0.1) is 5.92 Å². The van der Waals surface area contributed by atoms with Gasteiger partial charge in [0, 0.05) is 20.3 Å². The largest absolute Gasteiger partial charge is 0.464 e. The maximum absolute atomic E-state index is 13.8. The van der Waals surface area contributed by atoms with Crippen molar-refractivity contribution in [2.75, 3.05) is 26.4 Å². The Morgan fingerprint density at radius 3 is 2.23 bits per heavy atom. The van der Waals surface area contributed by atoms with E-state index in [0.717, 1.165) is 13.8 Å². The third-order valence-electron chi connectivity index (χ3n) is 5.21. The average molecular weight is 560 g/mol. The van der Waals surface area contributed by atoms with Gasteiger partial charge in [-0.05, 0) is 26.7 Å². The van der Waals surface area contributed by atoms with Crippen LogP contribution in [0.25, 0.3) is 0 Å². The maximum atomic E-state index is 13.8. The summed E-state index contributed by atoms with van der Waals surface area (Å²) in [6.07, 6.45) is -4.81. The minimum atomic E-state index is -1.80. The van der Waals surface area contributed by atoms with Gasteiger partial charge in [-0.2, -0.15) is 0 Å². The van der Waals surface area contributed by atoms with Gasteiger partial charge in [0.2, 0.25) is 5.91 Å². The molecule has 0 radical (unpaired) electrons. The molecule has 0 aromatic carbocycles. The van der Waals surface area contributed by atoms with Gasteiger partial charge in [-0.15, -0.1) is 0 Å². The van der Waals surface area contributed by atoms with E-state index in [9.17, 15) is 28.8 Å². The van der Waals surface area contributed by atoms with Gasteiger partial charge in [-0.25, -0.2) is 29.7 Å². The number of esters is 2. The highest BCUT2D eigenvalue weighted by Crippen LogP contribution is 2.23. The van der Waals surface area contributed by atoms with Gasteiger partial charge in [-0.3, -0.25) is 14.4 Å². The lowest BCUT2D eigenvalue weighted by Crippen LogP contribution is -2.64. The molecule has 2 aliphatic rings. The topological polar surface area (TPSA) is 176 Å². The molecule has 39 heavy (non-hydrogen) atoms. The minimum Gasteiger partial charge on any atom is -0.464 e. The quantitative estimate of drug-likeness (QED) is 0.240. The van der Waals surface area contributed by atoms with Gasteiger partial charge in [-0.1, -0.05) is 13.8 Å². The Morgan fingerprint density at radius 2 is 1.72 bits per heavy atom. The van der Waals surface area contributed by atoms with Crippen LogP contribution in [0.5, 0.6) is 0 Å². The summed E-state index contributed by atoms with van der Waals surface area (Å²) in [7, 11) is 0. The van der Waals surface area contributed by atoms with E-state index < -0.39 is 72.6 Å². The van der Waals surface area contributed by atoms with Gasteiger partial charge >= 0.3 is 24.1 Å². The summed E-state index contributed by atoms with van der Waals surface area (Å²) in [5.41, 5.74) is 1.21. The number of hydrogen-bond acceptors (Lipinski definition) is 12. The zero-order valence-electron chi connectivity index (χ0n) is 23.2. The van der Waals surface area contributed by atoms with E-state index in [2.05, 4.69) is 5.43 Å². The summed E-state index contributed by atoms with van der Waals surface area (Å²) in [6.45, 7) is 10.3. The number of cyclic esters (lactones) is 1. The maximum Gasteiger partial charge on any atom is 0.426 e. The van der Waals surface area contributed by atoms with Crippen LogP contribution in [0.15, 0.2) is 0 Å². The average Bonchev–Trinajstić information content (AvgIpc) is 3.44. The molecule has 15 heteroatoms. The van der Waals surface area contributed by atoms with E-state index >= 15 is 0 Å². The molecule has 0 spiro atoms. The van der Waals surface area contributed by atoms with E-state index in [-0.39, 0.29) is 32.2 Å². The zero-order valence-corrected chi connectivity index (χ0v) is 23.2. The molecule has 0 unspecified atom stereocenters. The van der Waals surface area contributed by atoms with Crippen molar-refractivity contribution in [3.05, 3.63) is 0 Å². The first kappa shape index (κ1) is 31.8. The van der Waals surface area contributed by atoms with E-state index in [1.54, 1.807) is 34.6 Å². The van der Waals surface area contributed by atoms with Crippen LogP contribution < -0.4 is 5.43 Å². The Hall–Kier alpha value is -3.46. The lowest BCUT2D eigenvalue weighted by molar-refractivity contribution is -0.177. The fourth-order valence-electron chi connectivity index (χ4n) is 3.72. The van der Waals surface area contributed by atoms with Gasteiger partial charge in [0.15, 0.2) is 18.4 Å². The van der Waals surface area contributed by atoms with Crippen molar-refractivity contribution in [1.29, 1.82) is 0 Å². The van der Waals surface area contributed by atoms with Crippen LogP contribution in [0.1, 0.15) is 54.9 Å². The van der Waals surface area contributed by atoms with Crippen LogP contribution >= 0.6 is 0 Å². The number of rotatable bonds is 9. The molecule has 0 bridgehead atoms. The molecule has 1 N–H and O–H groups in total. The normalized spacial score (nSPS) is 19.2. The van der Waals surface area contributed by atoms with E-state index in [1.807, 2.05) is 0 Å². The number of nitrogens with one attached hydrogen (secondary N) is 1. The van der Waals surface area contributed by atoms with Gasteiger partial charge < -0.3 is 28.4 Å². The Balaban J connectivity index is 2.58. The Kier molecular flexibility index (Phi) is 11.0. The highest BCUT2D eigenvalue weighted by Gasteiger charge is 2.49. The first-order chi connectivity index (χ1) is 18.1. The fourth-order valence-corrected chi connectivity index (χ4v) is 3.72. The fraction of sp³-hybridized carbons (Fsp3) is 0.750. The lowest BCUT2D eigenvalue weighted by Gasteiger charge is -2.37.